The van der Waals surface area contributed by atoms with E-state index < -0.39 is 47.0 Å². The van der Waals surface area contributed by atoms with Crippen LogP contribution in [-0.4, -0.2) is 99.9 Å². The Labute approximate surface area is 216 Å². The molecule has 3 rings (SSSR count). The maximum Gasteiger partial charge on any atom is 0.296 e. The zero-order valence-corrected chi connectivity index (χ0v) is 21.6. The quantitative estimate of drug-likeness (QED) is 0.302. The summed E-state index contributed by atoms with van der Waals surface area (Å²) in [5.74, 6) is -0.960. The second-order valence-electron chi connectivity index (χ2n) is 5.86. The maximum absolute atomic E-state index is 12.3. The third-order valence-electron chi connectivity index (χ3n) is 3.84. The Bertz CT molecular complexity index is 1320. The number of hydrogen-bond acceptors (Lipinski definition) is 6. The number of aromatic hydroxyl groups is 1. The molecule has 3 aromatic rings. The van der Waals surface area contributed by atoms with Crippen molar-refractivity contribution in [2.45, 2.75) is 16.2 Å². The van der Waals surface area contributed by atoms with Crippen molar-refractivity contribution in [1.82, 2.24) is 9.78 Å². The SMILES string of the molecule is O=c1cc(Cc2ccccc2)[nH]n1-c1c(O)cc(S(=O)(=O)O)cc1S(=O)(=O)O.[Na].[Na]. The molecular weight excluding hydrogens is 458 g/mol. The van der Waals surface area contributed by atoms with Gasteiger partial charge in [0.25, 0.3) is 25.8 Å². The Morgan fingerprint density at radius 2 is 1.50 bits per heavy atom. The molecule has 0 saturated heterocycles. The molecule has 0 fully saturated rings. The number of aromatic amines is 1. The Hall–Kier alpha value is -0.930. The summed E-state index contributed by atoms with van der Waals surface area (Å²) in [5.41, 5.74) is -0.225. The fraction of sp³-hybridized carbons (Fsp3) is 0.0625. The van der Waals surface area contributed by atoms with Gasteiger partial charge in [0.1, 0.15) is 16.3 Å². The van der Waals surface area contributed by atoms with Gasteiger partial charge in [-0.15, -0.1) is 0 Å². The van der Waals surface area contributed by atoms with Crippen molar-refractivity contribution in [2.24, 2.45) is 0 Å². The van der Waals surface area contributed by atoms with Crippen molar-refractivity contribution in [3.63, 3.8) is 0 Å². The summed E-state index contributed by atoms with van der Waals surface area (Å²) in [6.07, 6.45) is 0.286. The van der Waals surface area contributed by atoms with Crippen LogP contribution < -0.4 is 5.56 Å². The van der Waals surface area contributed by atoms with Crippen LogP contribution in [-0.2, 0) is 26.7 Å². The van der Waals surface area contributed by atoms with Crippen molar-refractivity contribution >= 4 is 79.4 Å². The number of phenolic OH excluding ortho intramolecular Hbond substituents is 1. The Morgan fingerprint density at radius 3 is 2.03 bits per heavy atom. The zero-order chi connectivity index (χ0) is 20.7. The predicted molar refractivity (Wildman–Crippen MR) is 108 cm³/mol. The van der Waals surface area contributed by atoms with Crippen molar-refractivity contribution in [3.05, 3.63) is 70.1 Å². The molecule has 1 aromatic heterocycles. The molecular formula is C16H14N2Na2O8S2. The molecule has 2 radical (unpaired) electrons. The third kappa shape index (κ3) is 6.07. The van der Waals surface area contributed by atoms with Crippen LogP contribution >= 0.6 is 0 Å². The summed E-state index contributed by atoms with van der Waals surface area (Å²) < 4.78 is 65.2. The Morgan fingerprint density at radius 1 is 0.900 bits per heavy atom. The van der Waals surface area contributed by atoms with Gasteiger partial charge in [0.05, 0.1) is 4.90 Å². The van der Waals surface area contributed by atoms with Gasteiger partial charge in [-0.2, -0.15) is 16.8 Å². The summed E-state index contributed by atoms with van der Waals surface area (Å²) >= 11 is 0. The first kappa shape index (κ1) is 27.1. The number of nitrogens with one attached hydrogen (secondary N) is 1. The van der Waals surface area contributed by atoms with Crippen LogP contribution in [0.3, 0.4) is 0 Å². The van der Waals surface area contributed by atoms with Crippen LogP contribution in [0.5, 0.6) is 5.75 Å². The Balaban J connectivity index is 0.00000225. The van der Waals surface area contributed by atoms with Crippen LogP contribution in [0.2, 0.25) is 0 Å². The van der Waals surface area contributed by atoms with Crippen LogP contribution in [0, 0.1) is 0 Å². The van der Waals surface area contributed by atoms with Crippen LogP contribution in [0.15, 0.2) is 63.1 Å². The van der Waals surface area contributed by atoms with E-state index in [1.165, 1.54) is 0 Å². The summed E-state index contributed by atoms with van der Waals surface area (Å²) in [7, 11) is -9.95. The largest absolute Gasteiger partial charge is 0.506 e. The first-order valence-electron chi connectivity index (χ1n) is 7.64. The molecule has 30 heavy (non-hydrogen) atoms. The zero-order valence-electron chi connectivity index (χ0n) is 16.0. The molecule has 0 aliphatic heterocycles. The van der Waals surface area contributed by atoms with Gasteiger partial charge < -0.3 is 5.11 Å². The average Bonchev–Trinajstić information content (AvgIpc) is 2.93. The summed E-state index contributed by atoms with van der Waals surface area (Å²) in [6.45, 7) is 0. The third-order valence-corrected chi connectivity index (χ3v) is 5.54. The predicted octanol–water partition coefficient (Wildman–Crippen LogP) is 0.194. The van der Waals surface area contributed by atoms with Gasteiger partial charge in [0.15, 0.2) is 0 Å². The molecule has 0 unspecified atom stereocenters. The van der Waals surface area contributed by atoms with Gasteiger partial charge in [-0.25, -0.2) is 4.68 Å². The van der Waals surface area contributed by atoms with E-state index in [0.717, 1.165) is 11.6 Å². The van der Waals surface area contributed by atoms with Gasteiger partial charge in [0.2, 0.25) is 0 Å². The number of H-pyrrole nitrogens is 1. The molecule has 1 heterocycles. The molecule has 2 aromatic carbocycles. The second-order valence-corrected chi connectivity index (χ2v) is 8.67. The average molecular weight is 472 g/mol. The fourth-order valence-corrected chi connectivity index (χ4v) is 3.97. The fourth-order valence-electron chi connectivity index (χ4n) is 2.66. The standard InChI is InChI=1S/C16H14N2O8S2.2Na/c19-13-8-12(27(21,22)23)9-14(28(24,25)26)16(13)18-15(20)7-11(17-18)6-10-4-2-1-3-5-10;;/h1-5,7-9,17,19H,6H2,(H,21,22,23)(H,24,25,26);;. The van der Waals surface area contributed by atoms with Crippen molar-refractivity contribution in [2.75, 3.05) is 0 Å². The van der Waals surface area contributed by atoms with E-state index >= 15 is 0 Å². The minimum atomic E-state index is -5.07. The smallest absolute Gasteiger partial charge is 0.296 e. The van der Waals surface area contributed by atoms with Gasteiger partial charge in [-0.05, 0) is 11.6 Å². The van der Waals surface area contributed by atoms with Crippen molar-refractivity contribution < 1.29 is 31.0 Å². The number of benzene rings is 2. The van der Waals surface area contributed by atoms with E-state index in [4.69, 9.17) is 4.55 Å². The topological polar surface area (TPSA) is 167 Å². The molecule has 0 aliphatic carbocycles. The molecule has 0 amide bonds. The van der Waals surface area contributed by atoms with E-state index in [1.807, 2.05) is 6.07 Å². The van der Waals surface area contributed by atoms with Crippen LogP contribution in [0.4, 0.5) is 0 Å². The molecule has 4 N–H and O–H groups in total. The summed E-state index contributed by atoms with van der Waals surface area (Å²) in [5, 5.41) is 12.8. The minimum Gasteiger partial charge on any atom is -0.506 e. The minimum absolute atomic E-state index is 0. The second kappa shape index (κ2) is 10.1. The molecule has 0 saturated carbocycles. The van der Waals surface area contributed by atoms with Crippen molar-refractivity contribution in [3.8, 4) is 11.4 Å². The molecule has 0 atom stereocenters. The van der Waals surface area contributed by atoms with Gasteiger partial charge >= 0.3 is 0 Å². The van der Waals surface area contributed by atoms with E-state index in [0.29, 0.717) is 22.5 Å². The number of phenols is 1. The van der Waals surface area contributed by atoms with Crippen LogP contribution in [0.25, 0.3) is 5.69 Å². The first-order valence-corrected chi connectivity index (χ1v) is 10.5. The summed E-state index contributed by atoms with van der Waals surface area (Å²) in [4.78, 5) is 10.3. The number of rotatable bonds is 5. The summed E-state index contributed by atoms with van der Waals surface area (Å²) in [6, 6.07) is 11.2. The van der Waals surface area contributed by atoms with E-state index in [2.05, 4.69) is 5.10 Å². The molecule has 0 aliphatic rings. The molecule has 14 heteroatoms. The number of aromatic nitrogens is 2. The molecule has 150 valence electrons. The number of hydrogen-bond donors (Lipinski definition) is 4. The molecule has 0 spiro atoms. The Kier molecular flexibility index (Phi) is 9.15. The van der Waals surface area contributed by atoms with Crippen molar-refractivity contribution in [1.29, 1.82) is 0 Å². The van der Waals surface area contributed by atoms with E-state index in [-0.39, 0.29) is 65.5 Å². The van der Waals surface area contributed by atoms with Gasteiger partial charge in [-0.3, -0.25) is 19.0 Å². The monoisotopic (exact) mass is 472 g/mol. The van der Waals surface area contributed by atoms with E-state index in [1.54, 1.807) is 24.3 Å². The first-order chi connectivity index (χ1) is 13.0. The molecule has 0 bridgehead atoms. The normalized spacial score (nSPS) is 11.4. The maximum atomic E-state index is 12.3. The number of nitrogens with zero attached hydrogens (tertiary/aromatic N) is 1. The van der Waals surface area contributed by atoms with Gasteiger partial charge in [0, 0.05) is 83.4 Å². The molecule has 10 nitrogen and oxygen atoms in total. The van der Waals surface area contributed by atoms with Crippen LogP contribution in [0.1, 0.15) is 11.3 Å². The van der Waals surface area contributed by atoms with Gasteiger partial charge in [-0.1, -0.05) is 30.3 Å². The van der Waals surface area contributed by atoms with E-state index in [9.17, 15) is 31.3 Å².